The Morgan fingerprint density at radius 2 is 2.14 bits per heavy atom. The monoisotopic (exact) mass is 319 g/mol. The molecule has 1 aromatic rings. The summed E-state index contributed by atoms with van der Waals surface area (Å²) in [5.41, 5.74) is 3.25. The van der Waals surface area contributed by atoms with E-state index >= 15 is 0 Å². The lowest BCUT2D eigenvalue weighted by molar-refractivity contribution is -0.384. The number of carbonyl (C=O) groups excluding carboxylic acids is 1. The zero-order valence-corrected chi connectivity index (χ0v) is 11.2. The summed E-state index contributed by atoms with van der Waals surface area (Å²) >= 11 is 0. The number of carbonyl (C=O) groups is 1. The molecular formula is C12H12F3N3O4. The first kappa shape index (κ1) is 16.0. The lowest BCUT2D eigenvalue weighted by Crippen LogP contribution is -2.52. The number of morpholine rings is 1. The number of nitro groups is 1. The van der Waals surface area contributed by atoms with E-state index in [0.29, 0.717) is 6.07 Å². The number of nitro benzene ring substituents is 1. The van der Waals surface area contributed by atoms with Crippen molar-refractivity contribution in [3.63, 3.8) is 0 Å². The van der Waals surface area contributed by atoms with Crippen molar-refractivity contribution in [3.8, 4) is 0 Å². The molecule has 0 bridgehead atoms. The van der Waals surface area contributed by atoms with Gasteiger partial charge in [-0.3, -0.25) is 14.9 Å². The topological polar surface area (TPSA) is 98.7 Å². The molecule has 1 atom stereocenters. The molecule has 0 spiro atoms. The van der Waals surface area contributed by atoms with E-state index in [0.717, 1.165) is 12.1 Å². The van der Waals surface area contributed by atoms with Crippen LogP contribution in [0.25, 0.3) is 0 Å². The van der Waals surface area contributed by atoms with Crippen molar-refractivity contribution in [2.75, 3.05) is 24.7 Å². The molecule has 0 aromatic heterocycles. The summed E-state index contributed by atoms with van der Waals surface area (Å²) in [6.45, 7) is 0.218. The molecule has 0 radical (unpaired) electrons. The minimum Gasteiger partial charge on any atom is -0.377 e. The Hall–Kier alpha value is -2.36. The maximum atomic E-state index is 12.7. The van der Waals surface area contributed by atoms with Gasteiger partial charge in [-0.1, -0.05) is 0 Å². The minimum absolute atomic E-state index is 0.0759. The maximum absolute atomic E-state index is 12.7. The molecule has 1 amide bonds. The third-order valence-corrected chi connectivity index (χ3v) is 3.27. The second-order valence-corrected chi connectivity index (χ2v) is 4.64. The molecule has 7 nitrogen and oxygen atoms in total. The molecule has 2 rings (SSSR count). The van der Waals surface area contributed by atoms with E-state index in [2.05, 4.69) is 0 Å². The Balaban J connectivity index is 2.49. The molecule has 1 aliphatic heterocycles. The number of anilines is 1. The molecule has 22 heavy (non-hydrogen) atoms. The molecule has 1 saturated heterocycles. The Morgan fingerprint density at radius 3 is 2.68 bits per heavy atom. The number of hydrogen-bond donors (Lipinski definition) is 1. The smallest absolute Gasteiger partial charge is 0.377 e. The Kier molecular flexibility index (Phi) is 4.22. The Labute approximate surface area is 122 Å². The molecule has 1 heterocycles. The first-order valence-electron chi connectivity index (χ1n) is 6.21. The van der Waals surface area contributed by atoms with Crippen LogP contribution < -0.4 is 10.6 Å². The number of ether oxygens (including phenoxy) is 1. The predicted octanol–water partition coefficient (Wildman–Crippen LogP) is 1.30. The van der Waals surface area contributed by atoms with Gasteiger partial charge in [-0.15, -0.1) is 0 Å². The average Bonchev–Trinajstić information content (AvgIpc) is 2.45. The fourth-order valence-electron chi connectivity index (χ4n) is 2.22. The number of rotatable bonds is 3. The van der Waals surface area contributed by atoms with E-state index in [1.807, 2.05) is 0 Å². The van der Waals surface area contributed by atoms with E-state index in [-0.39, 0.29) is 25.4 Å². The van der Waals surface area contributed by atoms with Crippen LogP contribution in [0.1, 0.15) is 5.56 Å². The number of nitrogens with two attached hydrogens (primary N) is 1. The van der Waals surface area contributed by atoms with Crippen LogP contribution in [0.4, 0.5) is 24.5 Å². The lowest BCUT2D eigenvalue weighted by atomic mass is 10.1. The van der Waals surface area contributed by atoms with Crippen LogP contribution in [0.5, 0.6) is 0 Å². The first-order valence-corrected chi connectivity index (χ1v) is 6.21. The van der Waals surface area contributed by atoms with Crippen molar-refractivity contribution < 1.29 is 27.6 Å². The van der Waals surface area contributed by atoms with Crippen LogP contribution in [-0.2, 0) is 15.7 Å². The van der Waals surface area contributed by atoms with Crippen LogP contribution in [0.15, 0.2) is 18.2 Å². The van der Waals surface area contributed by atoms with Crippen LogP contribution in [-0.4, -0.2) is 36.6 Å². The third kappa shape index (κ3) is 3.11. The standard InChI is InChI=1S/C12H12F3N3O4/c13-12(14,15)7-1-2-8(9(5-7)18(20)21)17-3-4-22-6-10(17)11(16)19/h1-2,5,10H,3-4,6H2,(H2,16,19)/t10-/m0/s1. The number of amides is 1. The minimum atomic E-state index is -4.70. The van der Waals surface area contributed by atoms with E-state index < -0.39 is 34.3 Å². The summed E-state index contributed by atoms with van der Waals surface area (Å²) < 4.78 is 43.1. The van der Waals surface area contributed by atoms with E-state index in [1.54, 1.807) is 0 Å². The van der Waals surface area contributed by atoms with Gasteiger partial charge in [0.2, 0.25) is 5.91 Å². The van der Waals surface area contributed by atoms with E-state index in [4.69, 9.17) is 10.5 Å². The highest BCUT2D eigenvalue weighted by Gasteiger charge is 2.36. The second-order valence-electron chi connectivity index (χ2n) is 4.64. The zero-order valence-electron chi connectivity index (χ0n) is 11.2. The first-order chi connectivity index (χ1) is 10.2. The molecule has 1 aromatic carbocycles. The van der Waals surface area contributed by atoms with Gasteiger partial charge in [0.15, 0.2) is 0 Å². The van der Waals surface area contributed by atoms with Crippen molar-refractivity contribution in [1.82, 2.24) is 0 Å². The van der Waals surface area contributed by atoms with Crippen LogP contribution in [0.2, 0.25) is 0 Å². The van der Waals surface area contributed by atoms with Gasteiger partial charge in [0.1, 0.15) is 11.7 Å². The van der Waals surface area contributed by atoms with Gasteiger partial charge < -0.3 is 15.4 Å². The Bertz CT molecular complexity index is 606. The fraction of sp³-hybridized carbons (Fsp3) is 0.417. The maximum Gasteiger partial charge on any atom is 0.416 e. The number of halogens is 3. The van der Waals surface area contributed by atoms with Gasteiger partial charge in [-0.25, -0.2) is 0 Å². The third-order valence-electron chi connectivity index (χ3n) is 3.27. The highest BCUT2D eigenvalue weighted by Crippen LogP contribution is 2.37. The average molecular weight is 319 g/mol. The van der Waals surface area contributed by atoms with Gasteiger partial charge in [-0.05, 0) is 12.1 Å². The normalized spacial score (nSPS) is 19.0. The number of benzene rings is 1. The van der Waals surface area contributed by atoms with Crippen molar-refractivity contribution in [1.29, 1.82) is 0 Å². The summed E-state index contributed by atoms with van der Waals surface area (Å²) in [6, 6.07) is 1.19. The fourth-order valence-corrected chi connectivity index (χ4v) is 2.22. The van der Waals surface area contributed by atoms with Gasteiger partial charge in [-0.2, -0.15) is 13.2 Å². The summed E-state index contributed by atoms with van der Waals surface area (Å²) in [5.74, 6) is -0.770. The zero-order chi connectivity index (χ0) is 16.5. The van der Waals surface area contributed by atoms with Gasteiger partial charge in [0.05, 0.1) is 23.7 Å². The van der Waals surface area contributed by atoms with Crippen molar-refractivity contribution in [2.45, 2.75) is 12.2 Å². The van der Waals surface area contributed by atoms with Crippen LogP contribution in [0, 0.1) is 10.1 Å². The summed E-state index contributed by atoms with van der Waals surface area (Å²) in [6.07, 6.45) is -4.70. The van der Waals surface area contributed by atoms with Gasteiger partial charge in [0, 0.05) is 12.6 Å². The quantitative estimate of drug-likeness (QED) is 0.669. The van der Waals surface area contributed by atoms with Crippen LogP contribution >= 0.6 is 0 Å². The number of nitrogens with zero attached hydrogens (tertiary/aromatic N) is 2. The summed E-state index contributed by atoms with van der Waals surface area (Å²) in [7, 11) is 0. The highest BCUT2D eigenvalue weighted by atomic mass is 19.4. The largest absolute Gasteiger partial charge is 0.416 e. The Morgan fingerprint density at radius 1 is 1.45 bits per heavy atom. The van der Waals surface area contributed by atoms with Crippen molar-refractivity contribution in [3.05, 3.63) is 33.9 Å². The molecule has 0 aliphatic carbocycles. The number of hydrogen-bond acceptors (Lipinski definition) is 5. The molecule has 0 unspecified atom stereocenters. The number of primary amides is 1. The molecule has 1 aliphatic rings. The SMILES string of the molecule is NC(=O)[C@@H]1COCCN1c1ccc(C(F)(F)F)cc1[N+](=O)[O-]. The summed E-state index contributed by atoms with van der Waals surface area (Å²) in [4.78, 5) is 22.9. The molecular weight excluding hydrogens is 307 g/mol. The van der Waals surface area contributed by atoms with Gasteiger partial charge in [0.25, 0.3) is 5.69 Å². The van der Waals surface area contributed by atoms with Gasteiger partial charge >= 0.3 is 6.18 Å². The molecule has 2 N–H and O–H groups in total. The molecule has 120 valence electrons. The second kappa shape index (κ2) is 5.79. The number of alkyl halides is 3. The van der Waals surface area contributed by atoms with Crippen LogP contribution in [0.3, 0.4) is 0 Å². The van der Waals surface area contributed by atoms with E-state index in [9.17, 15) is 28.1 Å². The summed E-state index contributed by atoms with van der Waals surface area (Å²) in [5, 5.41) is 11.1. The van der Waals surface area contributed by atoms with E-state index in [1.165, 1.54) is 4.90 Å². The highest BCUT2D eigenvalue weighted by molar-refractivity contribution is 5.85. The van der Waals surface area contributed by atoms with Crippen molar-refractivity contribution in [2.24, 2.45) is 5.73 Å². The van der Waals surface area contributed by atoms with Crippen molar-refractivity contribution >= 4 is 17.3 Å². The molecule has 10 heteroatoms. The molecule has 0 saturated carbocycles. The predicted molar refractivity (Wildman–Crippen MR) is 69.2 cm³/mol. The molecule has 1 fully saturated rings. The lowest BCUT2D eigenvalue weighted by Gasteiger charge is -2.35.